The van der Waals surface area contributed by atoms with Crippen LogP contribution in [0.25, 0.3) is 0 Å². The summed E-state index contributed by atoms with van der Waals surface area (Å²) in [5.41, 5.74) is 6.83. The highest BCUT2D eigenvalue weighted by Crippen LogP contribution is 2.49. The highest BCUT2D eigenvalue weighted by Gasteiger charge is 2.29. The molecule has 0 fully saturated rings. The van der Waals surface area contributed by atoms with E-state index in [-0.39, 0.29) is 32.2 Å². The molecule has 1 heterocycles. The zero-order valence-corrected chi connectivity index (χ0v) is 34.2. The van der Waals surface area contributed by atoms with E-state index in [0.717, 1.165) is 24.0 Å². The number of unbranched alkanes of at least 4 members (excludes halogenated alkanes) is 15. The molecule has 0 saturated heterocycles. The van der Waals surface area contributed by atoms with Crippen LogP contribution in [0, 0.1) is 0 Å². The largest absolute Gasteiger partial charge is 0.394 e. The molecule has 308 valence electrons. The third-order valence-corrected chi connectivity index (χ3v) is 11.0. The fraction of sp³-hybridized carbons (Fsp3) is 0.628. The zero-order valence-electron chi connectivity index (χ0n) is 33.3. The summed E-state index contributed by atoms with van der Waals surface area (Å²) >= 11 is 0. The first-order chi connectivity index (χ1) is 26.9. The van der Waals surface area contributed by atoms with E-state index < -0.39 is 38.4 Å². The fourth-order valence-corrected chi connectivity index (χ4v) is 7.47. The Morgan fingerprint density at radius 3 is 1.78 bits per heavy atom. The molecule has 11 nitrogen and oxygen atoms in total. The summed E-state index contributed by atoms with van der Waals surface area (Å²) in [6.45, 7) is 2.96. The van der Waals surface area contributed by atoms with Crippen molar-refractivity contribution < 1.29 is 32.9 Å². The minimum Gasteiger partial charge on any atom is -0.394 e. The van der Waals surface area contributed by atoms with E-state index in [1.54, 1.807) is 0 Å². The molecule has 3 N–H and O–H groups in total. The number of nitrogens with zero attached hydrogens (tertiary/aromatic N) is 2. The molecule has 3 aromatic rings. The zero-order chi connectivity index (χ0) is 39.2. The topological polar surface area (TPSA) is 144 Å². The smallest absolute Gasteiger partial charge is 0.356 e. The Labute approximate surface area is 329 Å². The number of aromatic nitrogens is 2. The molecule has 55 heavy (non-hydrogen) atoms. The second kappa shape index (κ2) is 29.4. The highest BCUT2D eigenvalue weighted by molar-refractivity contribution is 7.53. The Morgan fingerprint density at radius 1 is 0.691 bits per heavy atom. The van der Waals surface area contributed by atoms with Crippen molar-refractivity contribution in [2.45, 2.75) is 142 Å². The molecule has 3 unspecified atom stereocenters. The Kier molecular flexibility index (Phi) is 24.8. The molecule has 2 aromatic carbocycles. The van der Waals surface area contributed by atoms with Crippen molar-refractivity contribution in [3.05, 3.63) is 94.5 Å². The second-order valence-corrected chi connectivity index (χ2v) is 16.3. The van der Waals surface area contributed by atoms with Crippen molar-refractivity contribution in [3.8, 4) is 0 Å². The normalized spacial score (nSPS) is 13.8. The summed E-state index contributed by atoms with van der Waals surface area (Å²) in [5.74, 6) is 0.0907. The molecule has 0 aliphatic heterocycles. The van der Waals surface area contributed by atoms with Crippen LogP contribution in [0.1, 0.15) is 121 Å². The van der Waals surface area contributed by atoms with Gasteiger partial charge in [0.2, 0.25) is 0 Å². The molecule has 12 heteroatoms. The van der Waals surface area contributed by atoms with E-state index in [1.807, 2.05) is 60.7 Å². The van der Waals surface area contributed by atoms with E-state index in [1.165, 1.54) is 107 Å². The first-order valence-electron chi connectivity index (χ1n) is 20.6. The molecule has 3 atom stereocenters. The van der Waals surface area contributed by atoms with Crippen molar-refractivity contribution in [2.24, 2.45) is 0 Å². The standard InChI is InChI=1S/C43H68N3O8P/c1-2-3-4-5-6-7-8-9-10-11-12-13-14-15-16-23-30-50-35-41(51-33-38-24-19-17-20-25-38)36-54-55(49,53-34-39-26-21-18-22-27-39)37-52-40(32-47)31-46-29-28-42(44)45-43(46)48/h17-22,24-29,40-41,47H,2-16,23,30-37H2,1H3,(H2,44,45,48). The summed E-state index contributed by atoms with van der Waals surface area (Å²) < 4.78 is 45.4. The van der Waals surface area contributed by atoms with Gasteiger partial charge in [0.1, 0.15) is 18.3 Å². The van der Waals surface area contributed by atoms with Gasteiger partial charge < -0.3 is 34.1 Å². The lowest BCUT2D eigenvalue weighted by atomic mass is 10.0. The minimum absolute atomic E-state index is 0.0257. The molecule has 0 aliphatic carbocycles. The maximum Gasteiger partial charge on any atom is 0.356 e. The van der Waals surface area contributed by atoms with Gasteiger partial charge in [0.15, 0.2) is 0 Å². The third-order valence-electron chi connectivity index (χ3n) is 9.47. The maximum absolute atomic E-state index is 14.1. The number of ether oxygens (including phenoxy) is 3. The monoisotopic (exact) mass is 785 g/mol. The molecular weight excluding hydrogens is 717 g/mol. The fourth-order valence-electron chi connectivity index (χ4n) is 6.12. The SMILES string of the molecule is CCCCCCCCCCCCCCCCCCOCC(COP(=O)(COC(CO)Cn1ccc(N)nc1=O)OCc1ccccc1)OCc1ccccc1. The molecule has 3 rings (SSSR count). The summed E-state index contributed by atoms with van der Waals surface area (Å²) in [7, 11) is -3.90. The molecule has 0 spiro atoms. The van der Waals surface area contributed by atoms with E-state index in [0.29, 0.717) is 13.2 Å². The van der Waals surface area contributed by atoms with Crippen LogP contribution in [0.15, 0.2) is 77.7 Å². The van der Waals surface area contributed by atoms with Gasteiger partial charge in [0.05, 0.1) is 45.7 Å². The molecule has 0 saturated carbocycles. The van der Waals surface area contributed by atoms with Gasteiger partial charge in [-0.15, -0.1) is 0 Å². The number of rotatable bonds is 34. The molecular formula is C43H68N3O8P. The average molecular weight is 786 g/mol. The summed E-state index contributed by atoms with van der Waals surface area (Å²) in [6.07, 6.45) is 20.6. The minimum atomic E-state index is -3.90. The van der Waals surface area contributed by atoms with E-state index in [2.05, 4.69) is 11.9 Å². The van der Waals surface area contributed by atoms with Gasteiger partial charge in [-0.3, -0.25) is 9.13 Å². The van der Waals surface area contributed by atoms with Crippen molar-refractivity contribution in [1.82, 2.24) is 9.55 Å². The quantitative estimate of drug-likeness (QED) is 0.0444. The highest BCUT2D eigenvalue weighted by atomic mass is 31.2. The Hall–Kier alpha value is -2.89. The number of aliphatic hydroxyl groups excluding tert-OH is 1. The second-order valence-electron chi connectivity index (χ2n) is 14.4. The Morgan fingerprint density at radius 2 is 1.24 bits per heavy atom. The summed E-state index contributed by atoms with van der Waals surface area (Å²) in [6, 6.07) is 20.6. The van der Waals surface area contributed by atoms with E-state index >= 15 is 0 Å². The van der Waals surface area contributed by atoms with E-state index in [4.69, 9.17) is 29.0 Å². The first kappa shape index (κ1) is 46.5. The van der Waals surface area contributed by atoms with Gasteiger partial charge in [0.25, 0.3) is 0 Å². The van der Waals surface area contributed by atoms with Crippen molar-refractivity contribution >= 4 is 13.4 Å². The number of benzene rings is 2. The van der Waals surface area contributed by atoms with E-state index in [9.17, 15) is 14.5 Å². The molecule has 0 amide bonds. The van der Waals surface area contributed by atoms with Crippen LogP contribution in [0.2, 0.25) is 0 Å². The van der Waals surface area contributed by atoms with Crippen LogP contribution in [0.5, 0.6) is 0 Å². The van der Waals surface area contributed by atoms with Crippen LogP contribution in [-0.4, -0.2) is 59.6 Å². The number of hydrogen-bond donors (Lipinski definition) is 2. The number of nitrogens with two attached hydrogens (primary N) is 1. The van der Waals surface area contributed by atoms with Gasteiger partial charge >= 0.3 is 13.3 Å². The van der Waals surface area contributed by atoms with Crippen molar-refractivity contribution in [3.63, 3.8) is 0 Å². The Bertz CT molecular complexity index is 1480. The average Bonchev–Trinajstić information content (AvgIpc) is 3.20. The first-order valence-corrected chi connectivity index (χ1v) is 22.3. The lowest BCUT2D eigenvalue weighted by Gasteiger charge is -2.25. The maximum atomic E-state index is 14.1. The van der Waals surface area contributed by atoms with Crippen LogP contribution >= 0.6 is 7.60 Å². The number of nitrogen functional groups attached to an aromatic ring is 1. The van der Waals surface area contributed by atoms with Crippen LogP contribution < -0.4 is 11.4 Å². The third kappa shape index (κ3) is 21.8. The van der Waals surface area contributed by atoms with Crippen LogP contribution in [0.4, 0.5) is 5.82 Å². The van der Waals surface area contributed by atoms with Gasteiger partial charge in [-0.05, 0) is 23.6 Å². The predicted octanol–water partition coefficient (Wildman–Crippen LogP) is 9.45. The van der Waals surface area contributed by atoms with Crippen molar-refractivity contribution in [1.29, 1.82) is 0 Å². The van der Waals surface area contributed by atoms with Gasteiger partial charge in [-0.25, -0.2) is 4.79 Å². The molecule has 0 radical (unpaired) electrons. The van der Waals surface area contributed by atoms with Crippen LogP contribution in [-0.2, 0) is 47.6 Å². The van der Waals surface area contributed by atoms with Gasteiger partial charge in [0, 0.05) is 12.8 Å². The van der Waals surface area contributed by atoms with Gasteiger partial charge in [-0.2, -0.15) is 4.98 Å². The number of hydrogen-bond acceptors (Lipinski definition) is 10. The molecule has 0 bridgehead atoms. The Balaban J connectivity index is 1.44. The molecule has 0 aliphatic rings. The number of aliphatic hydroxyl groups is 1. The number of anilines is 1. The lowest BCUT2D eigenvalue weighted by Crippen LogP contribution is -2.32. The summed E-state index contributed by atoms with van der Waals surface area (Å²) in [4.78, 5) is 16.0. The predicted molar refractivity (Wildman–Crippen MR) is 220 cm³/mol. The summed E-state index contributed by atoms with van der Waals surface area (Å²) in [5, 5.41) is 10.0. The van der Waals surface area contributed by atoms with Crippen molar-refractivity contribution in [2.75, 3.05) is 38.5 Å². The van der Waals surface area contributed by atoms with Crippen LogP contribution in [0.3, 0.4) is 0 Å². The van der Waals surface area contributed by atoms with Gasteiger partial charge in [-0.1, -0.05) is 164 Å². The molecule has 1 aromatic heterocycles. The lowest BCUT2D eigenvalue weighted by molar-refractivity contribution is -0.0504.